The molecule has 0 bridgehead atoms. The molecule has 0 saturated heterocycles. The van der Waals surface area contributed by atoms with Gasteiger partial charge in [-0.15, -0.1) is 0 Å². The maximum Gasteiger partial charge on any atom is 0.313 e. The fourth-order valence-corrected chi connectivity index (χ4v) is 3.65. The smallest absolute Gasteiger partial charge is 0.313 e. The quantitative estimate of drug-likeness (QED) is 0.255. The molecule has 0 unspecified atom stereocenters. The van der Waals surface area contributed by atoms with Gasteiger partial charge in [0, 0.05) is 18.2 Å². The second-order valence-electron chi connectivity index (χ2n) is 7.96. The van der Waals surface area contributed by atoms with Gasteiger partial charge in [0.05, 0.1) is 18.4 Å². The van der Waals surface area contributed by atoms with E-state index < -0.39 is 29.5 Å². The number of halogens is 1. The molecule has 9 nitrogen and oxygen atoms in total. The van der Waals surface area contributed by atoms with Crippen LogP contribution in [0.4, 0.5) is 4.39 Å². The molecule has 37 heavy (non-hydrogen) atoms. The number of nitrogens with one attached hydrogen (secondary N) is 2. The number of ketones is 1. The molecule has 0 aliphatic carbocycles. The fourth-order valence-electron chi connectivity index (χ4n) is 3.65. The van der Waals surface area contributed by atoms with E-state index in [1.54, 1.807) is 61.5 Å². The van der Waals surface area contributed by atoms with E-state index in [-0.39, 0.29) is 30.1 Å². The van der Waals surface area contributed by atoms with Crippen LogP contribution < -0.4 is 10.8 Å². The molecular formula is C27H24FN5O4. The number of hydrogen-bond acceptors (Lipinski definition) is 6. The van der Waals surface area contributed by atoms with Crippen LogP contribution in [0.25, 0.3) is 17.1 Å². The van der Waals surface area contributed by atoms with Crippen LogP contribution in [0, 0.1) is 5.82 Å². The maximum absolute atomic E-state index is 14.8. The molecule has 0 spiro atoms. The molecule has 10 heteroatoms. The third-order valence-electron chi connectivity index (χ3n) is 5.40. The lowest BCUT2D eigenvalue weighted by Crippen LogP contribution is -2.48. The fraction of sp³-hybridized carbons (Fsp3) is 0.148. The van der Waals surface area contributed by atoms with Crippen molar-refractivity contribution < 1.29 is 23.6 Å². The number of carbonyl (C=O) groups is 3. The van der Waals surface area contributed by atoms with Crippen molar-refractivity contribution in [2.75, 3.05) is 6.61 Å². The van der Waals surface area contributed by atoms with Crippen LogP contribution in [-0.2, 0) is 20.8 Å². The van der Waals surface area contributed by atoms with E-state index in [9.17, 15) is 18.8 Å². The summed E-state index contributed by atoms with van der Waals surface area (Å²) < 4.78 is 15.9. The Balaban J connectivity index is 1.63. The van der Waals surface area contributed by atoms with Crippen LogP contribution in [0.15, 0.2) is 85.2 Å². The molecular weight excluding hydrogens is 477 g/mol. The Morgan fingerprint density at radius 1 is 1.00 bits per heavy atom. The highest BCUT2D eigenvalue weighted by Crippen LogP contribution is 2.22. The Bertz CT molecular complexity index is 1390. The number of hydrogen-bond donors (Lipinski definition) is 2. The minimum absolute atomic E-state index is 0.0423. The average Bonchev–Trinajstić information content (AvgIpc) is 3.33. The Labute approximate surface area is 212 Å². The zero-order valence-corrected chi connectivity index (χ0v) is 19.9. The van der Waals surface area contributed by atoms with Crippen LogP contribution in [0.1, 0.15) is 22.8 Å². The Morgan fingerprint density at radius 2 is 1.70 bits per heavy atom. The minimum atomic E-state index is -1.20. The summed E-state index contributed by atoms with van der Waals surface area (Å²) >= 11 is 0. The first kappa shape index (κ1) is 25.4. The summed E-state index contributed by atoms with van der Waals surface area (Å²) in [5, 5.41) is 6.91. The third kappa shape index (κ3) is 6.11. The number of rotatable bonds is 10. The summed E-state index contributed by atoms with van der Waals surface area (Å²) in [6, 6.07) is 19.5. The Kier molecular flexibility index (Phi) is 8.11. The molecule has 0 fully saturated rings. The van der Waals surface area contributed by atoms with Crippen molar-refractivity contribution in [3.63, 3.8) is 0 Å². The van der Waals surface area contributed by atoms with Gasteiger partial charge in [-0.05, 0) is 24.6 Å². The molecule has 188 valence electrons. The molecule has 2 aromatic heterocycles. The van der Waals surface area contributed by atoms with Crippen LogP contribution in [0.5, 0.6) is 0 Å². The SMILES string of the molecule is CCONC(=O)C(=O)[C@H](Cc1ccccc1)NC(=O)c1cccnc1-n1cc(F)c(-c2ccccc2)n1. The van der Waals surface area contributed by atoms with E-state index in [2.05, 4.69) is 20.9 Å². The lowest BCUT2D eigenvalue weighted by molar-refractivity contribution is -0.146. The Hall–Kier alpha value is -4.70. The maximum atomic E-state index is 14.8. The van der Waals surface area contributed by atoms with Crippen molar-refractivity contribution in [3.05, 3.63) is 102 Å². The number of Topliss-reactive ketones (excluding diaryl/α,β-unsaturated/α-hetero) is 1. The topological polar surface area (TPSA) is 115 Å². The monoisotopic (exact) mass is 501 g/mol. The standard InChI is InChI=1S/C27H24FN5O4/c1-2-37-32-27(36)24(34)22(16-18-10-5-3-6-11-18)30-26(35)20-14-9-15-29-25(20)33-17-21(28)23(31-33)19-12-7-4-8-13-19/h3-15,17,22H,2,16H2,1H3,(H,30,35)(H,32,36)/t22-/m0/s1. The zero-order chi connectivity index (χ0) is 26.2. The highest BCUT2D eigenvalue weighted by Gasteiger charge is 2.29. The molecule has 2 heterocycles. The van der Waals surface area contributed by atoms with Crippen molar-refractivity contribution in [1.29, 1.82) is 0 Å². The zero-order valence-electron chi connectivity index (χ0n) is 19.9. The first-order chi connectivity index (χ1) is 18.0. The molecule has 0 aliphatic rings. The van der Waals surface area contributed by atoms with E-state index in [4.69, 9.17) is 4.84 Å². The van der Waals surface area contributed by atoms with Gasteiger partial charge in [0.1, 0.15) is 11.7 Å². The average molecular weight is 502 g/mol. The Morgan fingerprint density at radius 3 is 2.41 bits per heavy atom. The molecule has 0 radical (unpaired) electrons. The van der Waals surface area contributed by atoms with Gasteiger partial charge in [-0.2, -0.15) is 5.10 Å². The van der Waals surface area contributed by atoms with Gasteiger partial charge in [-0.25, -0.2) is 19.5 Å². The summed E-state index contributed by atoms with van der Waals surface area (Å²) in [5.41, 5.74) is 3.51. The van der Waals surface area contributed by atoms with Gasteiger partial charge in [-0.3, -0.25) is 19.2 Å². The molecule has 4 aromatic rings. The normalized spacial score (nSPS) is 11.5. The number of aromatic nitrogens is 3. The number of carbonyl (C=O) groups excluding carboxylic acids is 3. The lowest BCUT2D eigenvalue weighted by atomic mass is 10.0. The number of amides is 2. The summed E-state index contributed by atoms with van der Waals surface area (Å²) in [5.74, 6) is -3.08. The van der Waals surface area contributed by atoms with Crippen LogP contribution in [0.2, 0.25) is 0 Å². The van der Waals surface area contributed by atoms with Crippen molar-refractivity contribution in [2.24, 2.45) is 0 Å². The van der Waals surface area contributed by atoms with Gasteiger partial charge in [0.25, 0.3) is 5.91 Å². The molecule has 0 aliphatic heterocycles. The van der Waals surface area contributed by atoms with E-state index in [1.807, 2.05) is 6.07 Å². The van der Waals surface area contributed by atoms with Gasteiger partial charge in [0.2, 0.25) is 5.78 Å². The van der Waals surface area contributed by atoms with Gasteiger partial charge in [-0.1, -0.05) is 60.7 Å². The van der Waals surface area contributed by atoms with Crippen LogP contribution in [0.3, 0.4) is 0 Å². The van der Waals surface area contributed by atoms with Crippen LogP contribution >= 0.6 is 0 Å². The minimum Gasteiger partial charge on any atom is -0.341 e. The second kappa shape index (κ2) is 11.8. The van der Waals surface area contributed by atoms with Crippen molar-refractivity contribution in [1.82, 2.24) is 25.6 Å². The van der Waals surface area contributed by atoms with E-state index in [0.717, 1.165) is 11.8 Å². The van der Waals surface area contributed by atoms with E-state index in [0.29, 0.717) is 5.56 Å². The first-order valence-corrected chi connectivity index (χ1v) is 11.5. The molecule has 2 N–H and O–H groups in total. The predicted octanol–water partition coefficient (Wildman–Crippen LogP) is 3.05. The molecule has 1 atom stereocenters. The van der Waals surface area contributed by atoms with Gasteiger partial charge in [0.15, 0.2) is 11.6 Å². The van der Waals surface area contributed by atoms with Gasteiger partial charge < -0.3 is 5.32 Å². The molecule has 2 aromatic carbocycles. The summed E-state index contributed by atoms with van der Waals surface area (Å²) in [4.78, 5) is 47.6. The largest absolute Gasteiger partial charge is 0.341 e. The highest BCUT2D eigenvalue weighted by molar-refractivity contribution is 6.38. The molecule has 4 rings (SSSR count). The summed E-state index contributed by atoms with van der Waals surface area (Å²) in [6.07, 6.45) is 2.63. The van der Waals surface area contributed by atoms with Crippen molar-refractivity contribution in [3.8, 4) is 17.1 Å². The van der Waals surface area contributed by atoms with Crippen LogP contribution in [-0.4, -0.2) is 45.0 Å². The summed E-state index contributed by atoms with van der Waals surface area (Å²) in [7, 11) is 0. The van der Waals surface area contributed by atoms with Gasteiger partial charge >= 0.3 is 5.91 Å². The van der Waals surface area contributed by atoms with E-state index >= 15 is 0 Å². The third-order valence-corrected chi connectivity index (χ3v) is 5.40. The number of hydroxylamine groups is 1. The predicted molar refractivity (Wildman–Crippen MR) is 133 cm³/mol. The lowest BCUT2D eigenvalue weighted by Gasteiger charge is -2.18. The van der Waals surface area contributed by atoms with E-state index in [1.165, 1.54) is 23.0 Å². The van der Waals surface area contributed by atoms with Crippen molar-refractivity contribution >= 4 is 17.6 Å². The first-order valence-electron chi connectivity index (χ1n) is 11.5. The molecule has 0 saturated carbocycles. The molecule has 2 amide bonds. The number of pyridine rings is 1. The second-order valence-corrected chi connectivity index (χ2v) is 7.96. The van der Waals surface area contributed by atoms with Crippen molar-refractivity contribution in [2.45, 2.75) is 19.4 Å². The number of nitrogens with zero attached hydrogens (tertiary/aromatic N) is 3. The summed E-state index contributed by atoms with van der Waals surface area (Å²) in [6.45, 7) is 1.82. The highest BCUT2D eigenvalue weighted by atomic mass is 19.1. The number of benzene rings is 2.